The fraction of sp³-hybridized carbons (Fsp3) is 0.478. The maximum atomic E-state index is 6.05. The van der Waals surface area contributed by atoms with E-state index < -0.39 is 0 Å². The fourth-order valence-corrected chi connectivity index (χ4v) is 2.84. The highest BCUT2D eigenvalue weighted by Crippen LogP contribution is 2.29. The normalized spacial score (nSPS) is 10.7. The third kappa shape index (κ3) is 5.81. The Labute approximate surface area is 153 Å². The molecule has 0 bridgehead atoms. The van der Waals surface area contributed by atoms with Gasteiger partial charge >= 0.3 is 0 Å². The van der Waals surface area contributed by atoms with Crippen molar-refractivity contribution in [1.29, 1.82) is 0 Å². The molecule has 0 fully saturated rings. The average molecular weight is 341 g/mol. The Morgan fingerprint density at radius 2 is 1.28 bits per heavy atom. The standard InChI is InChI=1S/C23H32O2/c1-5-7-8-9-20-10-12-21(13-11-20)17-25-23-15-14-22(24-16-6-2)18(3)19(23)4/h10-15H,5-9,16-17H2,1-4H3. The number of rotatable bonds is 10. The van der Waals surface area contributed by atoms with Crippen LogP contribution in [0.1, 0.15) is 61.8 Å². The Kier molecular flexibility index (Phi) is 7.84. The molecule has 0 aliphatic heterocycles. The molecule has 25 heavy (non-hydrogen) atoms. The molecule has 0 amide bonds. The van der Waals surface area contributed by atoms with Gasteiger partial charge in [-0.25, -0.2) is 0 Å². The molecule has 0 atom stereocenters. The first kappa shape index (κ1) is 19.4. The molecule has 0 saturated heterocycles. The maximum Gasteiger partial charge on any atom is 0.123 e. The highest BCUT2D eigenvalue weighted by Gasteiger charge is 2.08. The Morgan fingerprint density at radius 3 is 1.88 bits per heavy atom. The molecule has 2 nitrogen and oxygen atoms in total. The number of benzene rings is 2. The van der Waals surface area contributed by atoms with Gasteiger partial charge in [-0.3, -0.25) is 0 Å². The third-order valence-corrected chi connectivity index (χ3v) is 4.64. The molecule has 0 radical (unpaired) electrons. The summed E-state index contributed by atoms with van der Waals surface area (Å²) in [6.45, 7) is 9.91. The Hall–Kier alpha value is -1.96. The van der Waals surface area contributed by atoms with E-state index in [1.807, 2.05) is 12.1 Å². The zero-order valence-electron chi connectivity index (χ0n) is 16.2. The van der Waals surface area contributed by atoms with Crippen molar-refractivity contribution in [2.75, 3.05) is 6.61 Å². The molecule has 2 heteroatoms. The van der Waals surface area contributed by atoms with E-state index >= 15 is 0 Å². The van der Waals surface area contributed by atoms with Gasteiger partial charge in [-0.1, -0.05) is 51.0 Å². The number of unbranched alkanes of at least 4 members (excludes halogenated alkanes) is 2. The third-order valence-electron chi connectivity index (χ3n) is 4.64. The van der Waals surface area contributed by atoms with Crippen LogP contribution in [0.4, 0.5) is 0 Å². The van der Waals surface area contributed by atoms with Crippen molar-refractivity contribution in [3.05, 3.63) is 58.7 Å². The SMILES string of the molecule is CCCCCc1ccc(COc2ccc(OCCC)c(C)c2C)cc1. The van der Waals surface area contributed by atoms with Crippen LogP contribution in [0, 0.1) is 13.8 Å². The number of ether oxygens (including phenoxy) is 2. The van der Waals surface area contributed by atoms with Crippen LogP contribution in [0.15, 0.2) is 36.4 Å². The van der Waals surface area contributed by atoms with Crippen molar-refractivity contribution in [2.24, 2.45) is 0 Å². The minimum Gasteiger partial charge on any atom is -0.493 e. The highest BCUT2D eigenvalue weighted by atomic mass is 16.5. The molecule has 0 heterocycles. The second kappa shape index (κ2) is 10.1. The summed E-state index contributed by atoms with van der Waals surface area (Å²) >= 11 is 0. The largest absolute Gasteiger partial charge is 0.493 e. The molecule has 0 unspecified atom stereocenters. The average Bonchev–Trinajstić information content (AvgIpc) is 2.63. The van der Waals surface area contributed by atoms with E-state index in [0.29, 0.717) is 6.61 Å². The summed E-state index contributed by atoms with van der Waals surface area (Å²) < 4.78 is 11.8. The first-order valence-corrected chi connectivity index (χ1v) is 9.59. The van der Waals surface area contributed by atoms with Gasteiger partial charge in [0.1, 0.15) is 18.1 Å². The minimum atomic E-state index is 0.602. The lowest BCUT2D eigenvalue weighted by Gasteiger charge is -2.15. The second-order valence-corrected chi connectivity index (χ2v) is 6.72. The van der Waals surface area contributed by atoms with E-state index in [9.17, 15) is 0 Å². The molecule has 0 N–H and O–H groups in total. The van der Waals surface area contributed by atoms with Gasteiger partial charge in [-0.2, -0.15) is 0 Å². The first-order chi connectivity index (χ1) is 12.2. The van der Waals surface area contributed by atoms with Gasteiger partial charge in [0.2, 0.25) is 0 Å². The van der Waals surface area contributed by atoms with E-state index in [0.717, 1.165) is 35.7 Å². The molecule has 0 aliphatic rings. The lowest BCUT2D eigenvalue weighted by molar-refractivity contribution is 0.298. The van der Waals surface area contributed by atoms with Gasteiger partial charge in [-0.05, 0) is 67.5 Å². The van der Waals surface area contributed by atoms with Gasteiger partial charge in [0, 0.05) is 0 Å². The van der Waals surface area contributed by atoms with Crippen molar-refractivity contribution in [2.45, 2.75) is 66.4 Å². The van der Waals surface area contributed by atoms with Crippen LogP contribution < -0.4 is 9.47 Å². The summed E-state index contributed by atoms with van der Waals surface area (Å²) in [7, 11) is 0. The molecule has 2 aromatic carbocycles. The molecular formula is C23H32O2. The topological polar surface area (TPSA) is 18.5 Å². The second-order valence-electron chi connectivity index (χ2n) is 6.72. The summed E-state index contributed by atoms with van der Waals surface area (Å²) in [4.78, 5) is 0. The summed E-state index contributed by atoms with van der Waals surface area (Å²) in [5.74, 6) is 1.90. The van der Waals surface area contributed by atoms with Gasteiger partial charge in [-0.15, -0.1) is 0 Å². The van der Waals surface area contributed by atoms with Crippen LogP contribution in [-0.2, 0) is 13.0 Å². The summed E-state index contributed by atoms with van der Waals surface area (Å²) in [6.07, 6.45) is 6.05. The van der Waals surface area contributed by atoms with Crippen LogP contribution in [0.25, 0.3) is 0 Å². The highest BCUT2D eigenvalue weighted by molar-refractivity contribution is 5.47. The lowest BCUT2D eigenvalue weighted by Crippen LogP contribution is -2.01. The molecule has 2 rings (SSSR count). The molecule has 0 spiro atoms. The van der Waals surface area contributed by atoms with E-state index in [1.165, 1.54) is 36.8 Å². The predicted octanol–water partition coefficient (Wildman–Crippen LogP) is 6.40. The van der Waals surface area contributed by atoms with Crippen LogP contribution in [0.2, 0.25) is 0 Å². The summed E-state index contributed by atoms with van der Waals surface area (Å²) in [5.41, 5.74) is 4.95. The van der Waals surface area contributed by atoms with E-state index in [4.69, 9.17) is 9.47 Å². The van der Waals surface area contributed by atoms with Crippen molar-refractivity contribution in [3.8, 4) is 11.5 Å². The first-order valence-electron chi connectivity index (χ1n) is 9.59. The van der Waals surface area contributed by atoms with E-state index in [1.54, 1.807) is 0 Å². The minimum absolute atomic E-state index is 0.602. The van der Waals surface area contributed by atoms with Crippen LogP contribution >= 0.6 is 0 Å². The van der Waals surface area contributed by atoms with Crippen molar-refractivity contribution < 1.29 is 9.47 Å². The zero-order chi connectivity index (χ0) is 18.1. The molecule has 0 aromatic heterocycles. The van der Waals surface area contributed by atoms with Gasteiger partial charge in [0.05, 0.1) is 6.61 Å². The van der Waals surface area contributed by atoms with Gasteiger partial charge < -0.3 is 9.47 Å². The zero-order valence-corrected chi connectivity index (χ0v) is 16.2. The maximum absolute atomic E-state index is 6.05. The smallest absolute Gasteiger partial charge is 0.123 e. The van der Waals surface area contributed by atoms with Crippen LogP contribution in [0.3, 0.4) is 0 Å². The van der Waals surface area contributed by atoms with Gasteiger partial charge in [0.25, 0.3) is 0 Å². The molecule has 136 valence electrons. The Morgan fingerprint density at radius 1 is 0.680 bits per heavy atom. The van der Waals surface area contributed by atoms with Crippen molar-refractivity contribution in [3.63, 3.8) is 0 Å². The fourth-order valence-electron chi connectivity index (χ4n) is 2.84. The van der Waals surface area contributed by atoms with Crippen molar-refractivity contribution >= 4 is 0 Å². The van der Waals surface area contributed by atoms with Gasteiger partial charge in [0.15, 0.2) is 0 Å². The monoisotopic (exact) mass is 340 g/mol. The number of aryl methyl sites for hydroxylation is 1. The van der Waals surface area contributed by atoms with E-state index in [-0.39, 0.29) is 0 Å². The molecular weight excluding hydrogens is 308 g/mol. The van der Waals surface area contributed by atoms with Crippen LogP contribution in [0.5, 0.6) is 11.5 Å². The Bertz CT molecular complexity index is 644. The molecule has 2 aromatic rings. The molecule has 0 saturated carbocycles. The summed E-state index contributed by atoms with van der Waals surface area (Å²) in [5, 5.41) is 0. The summed E-state index contributed by atoms with van der Waals surface area (Å²) in [6, 6.07) is 12.9. The van der Waals surface area contributed by atoms with E-state index in [2.05, 4.69) is 52.0 Å². The van der Waals surface area contributed by atoms with Crippen LogP contribution in [-0.4, -0.2) is 6.61 Å². The number of hydrogen-bond donors (Lipinski definition) is 0. The quantitative estimate of drug-likeness (QED) is 0.466. The number of hydrogen-bond acceptors (Lipinski definition) is 2. The Balaban J connectivity index is 1.93. The van der Waals surface area contributed by atoms with Crippen molar-refractivity contribution in [1.82, 2.24) is 0 Å². The lowest BCUT2D eigenvalue weighted by atomic mass is 10.1. The molecule has 0 aliphatic carbocycles. The predicted molar refractivity (Wildman–Crippen MR) is 106 cm³/mol.